The summed E-state index contributed by atoms with van der Waals surface area (Å²) in [5.41, 5.74) is 2.00. The van der Waals surface area contributed by atoms with Crippen molar-refractivity contribution in [2.24, 2.45) is 10.9 Å². The molecule has 1 rings (SSSR count). The lowest BCUT2D eigenvalue weighted by molar-refractivity contribution is 0.775. The maximum atomic E-state index is 3.96. The molecule has 0 bridgehead atoms. The van der Waals surface area contributed by atoms with Crippen molar-refractivity contribution < 1.29 is 0 Å². The van der Waals surface area contributed by atoms with Crippen LogP contribution < -0.4 is 0 Å². The van der Waals surface area contributed by atoms with Crippen LogP contribution in [0.4, 0.5) is 5.82 Å². The lowest BCUT2D eigenvalue weighted by atomic mass is 10.0. The Bertz CT molecular complexity index is 322. The molecule has 0 saturated heterocycles. The van der Waals surface area contributed by atoms with Crippen LogP contribution in [0.1, 0.15) is 26.5 Å². The minimum absolute atomic E-state index is 0.509. The standard InChI is InChI=1S/C9H14N4/c1-6(2)7(3)5-8-9(10-4)12-13-11-8/h5-6H,4H2,1-3H3,(H,11,12,13)/b7-5+. The zero-order valence-electron chi connectivity index (χ0n) is 8.20. The van der Waals surface area contributed by atoms with Crippen LogP contribution >= 0.6 is 0 Å². The zero-order chi connectivity index (χ0) is 9.84. The maximum Gasteiger partial charge on any atom is 0.200 e. The second-order valence-corrected chi connectivity index (χ2v) is 3.23. The van der Waals surface area contributed by atoms with E-state index in [1.165, 1.54) is 5.57 Å². The van der Waals surface area contributed by atoms with Gasteiger partial charge in [-0.25, -0.2) is 4.99 Å². The summed E-state index contributed by atoms with van der Waals surface area (Å²) in [6, 6.07) is 0. The Kier molecular flexibility index (Phi) is 2.95. The van der Waals surface area contributed by atoms with Crippen LogP contribution in [-0.2, 0) is 0 Å². The normalized spacial score (nSPS) is 12.2. The van der Waals surface area contributed by atoms with Crippen molar-refractivity contribution in [3.05, 3.63) is 11.3 Å². The van der Waals surface area contributed by atoms with E-state index in [0.717, 1.165) is 5.69 Å². The molecule has 1 heterocycles. The molecule has 13 heavy (non-hydrogen) atoms. The number of aromatic nitrogens is 3. The number of hydrogen-bond acceptors (Lipinski definition) is 3. The van der Waals surface area contributed by atoms with Gasteiger partial charge in [0.15, 0.2) is 0 Å². The molecule has 1 aromatic heterocycles. The Labute approximate surface area is 77.8 Å². The Morgan fingerprint density at radius 2 is 2.23 bits per heavy atom. The van der Waals surface area contributed by atoms with E-state index in [2.05, 4.69) is 47.9 Å². The summed E-state index contributed by atoms with van der Waals surface area (Å²) in [5.74, 6) is 1.06. The average molecular weight is 178 g/mol. The summed E-state index contributed by atoms with van der Waals surface area (Å²) >= 11 is 0. The molecule has 0 saturated carbocycles. The number of nitrogens with zero attached hydrogens (tertiary/aromatic N) is 3. The number of allylic oxidation sites excluding steroid dienone is 1. The largest absolute Gasteiger partial charge is 0.242 e. The van der Waals surface area contributed by atoms with E-state index in [1.54, 1.807) is 0 Å². The first-order chi connectivity index (χ1) is 6.15. The van der Waals surface area contributed by atoms with Crippen molar-refractivity contribution in [3.8, 4) is 0 Å². The first-order valence-electron chi connectivity index (χ1n) is 4.20. The van der Waals surface area contributed by atoms with Crippen LogP contribution in [0.3, 0.4) is 0 Å². The van der Waals surface area contributed by atoms with E-state index in [9.17, 15) is 0 Å². The molecule has 0 aliphatic heterocycles. The highest BCUT2D eigenvalue weighted by atomic mass is 15.4. The van der Waals surface area contributed by atoms with E-state index in [-0.39, 0.29) is 0 Å². The Morgan fingerprint density at radius 3 is 2.77 bits per heavy atom. The number of aromatic amines is 1. The minimum atomic E-state index is 0.509. The van der Waals surface area contributed by atoms with Gasteiger partial charge in [-0.3, -0.25) is 0 Å². The summed E-state index contributed by atoms with van der Waals surface area (Å²) < 4.78 is 0. The molecule has 0 atom stereocenters. The topological polar surface area (TPSA) is 53.9 Å². The van der Waals surface area contributed by atoms with Gasteiger partial charge in [0, 0.05) is 0 Å². The summed E-state index contributed by atoms with van der Waals surface area (Å²) in [4.78, 5) is 3.74. The van der Waals surface area contributed by atoms with Gasteiger partial charge in [-0.15, -0.1) is 5.10 Å². The first kappa shape index (κ1) is 9.64. The van der Waals surface area contributed by atoms with Crippen molar-refractivity contribution in [3.63, 3.8) is 0 Å². The Hall–Kier alpha value is -1.45. The van der Waals surface area contributed by atoms with Crippen molar-refractivity contribution in [2.45, 2.75) is 20.8 Å². The van der Waals surface area contributed by atoms with Gasteiger partial charge in [0.25, 0.3) is 0 Å². The lowest BCUT2D eigenvalue weighted by Gasteiger charge is -2.02. The molecule has 0 amide bonds. The van der Waals surface area contributed by atoms with E-state index in [4.69, 9.17) is 0 Å². The second kappa shape index (κ2) is 3.98. The molecular formula is C9H14N4. The maximum absolute atomic E-state index is 3.96. The third-order valence-corrected chi connectivity index (χ3v) is 1.98. The summed E-state index contributed by atoms with van der Waals surface area (Å²) in [5, 5.41) is 10.3. The van der Waals surface area contributed by atoms with E-state index in [1.807, 2.05) is 6.08 Å². The number of H-pyrrole nitrogens is 1. The zero-order valence-corrected chi connectivity index (χ0v) is 8.20. The highest BCUT2D eigenvalue weighted by Gasteiger charge is 2.04. The van der Waals surface area contributed by atoms with Crippen molar-refractivity contribution in [1.29, 1.82) is 0 Å². The second-order valence-electron chi connectivity index (χ2n) is 3.23. The molecule has 4 nitrogen and oxygen atoms in total. The predicted molar refractivity (Wildman–Crippen MR) is 54.1 cm³/mol. The smallest absolute Gasteiger partial charge is 0.200 e. The van der Waals surface area contributed by atoms with Crippen molar-refractivity contribution in [1.82, 2.24) is 15.4 Å². The van der Waals surface area contributed by atoms with Crippen LogP contribution in [-0.4, -0.2) is 22.1 Å². The number of aliphatic imine (C=N–C) groups is 1. The van der Waals surface area contributed by atoms with Gasteiger partial charge in [-0.1, -0.05) is 19.4 Å². The fourth-order valence-electron chi connectivity index (χ4n) is 0.829. The number of rotatable bonds is 3. The van der Waals surface area contributed by atoms with Gasteiger partial charge in [0.2, 0.25) is 5.82 Å². The molecule has 0 unspecified atom stereocenters. The van der Waals surface area contributed by atoms with Crippen LogP contribution in [0, 0.1) is 5.92 Å². The molecule has 0 aliphatic carbocycles. The van der Waals surface area contributed by atoms with Crippen LogP contribution in [0.2, 0.25) is 0 Å². The van der Waals surface area contributed by atoms with Gasteiger partial charge in [-0.05, 0) is 25.6 Å². The fourth-order valence-corrected chi connectivity index (χ4v) is 0.829. The van der Waals surface area contributed by atoms with Crippen molar-refractivity contribution in [2.75, 3.05) is 0 Å². The quantitative estimate of drug-likeness (QED) is 0.721. The van der Waals surface area contributed by atoms with E-state index < -0.39 is 0 Å². The number of nitrogens with one attached hydrogen (secondary N) is 1. The summed E-state index contributed by atoms with van der Waals surface area (Å²) in [6.07, 6.45) is 1.97. The first-order valence-corrected chi connectivity index (χ1v) is 4.20. The molecule has 4 heteroatoms. The third kappa shape index (κ3) is 2.24. The summed E-state index contributed by atoms with van der Waals surface area (Å²) in [7, 11) is 0. The molecule has 1 aromatic rings. The molecule has 0 aliphatic rings. The van der Waals surface area contributed by atoms with Crippen LogP contribution in [0.25, 0.3) is 6.08 Å². The molecule has 0 spiro atoms. The molecular weight excluding hydrogens is 164 g/mol. The third-order valence-electron chi connectivity index (χ3n) is 1.98. The number of hydrogen-bond donors (Lipinski definition) is 1. The van der Waals surface area contributed by atoms with Crippen LogP contribution in [0.5, 0.6) is 0 Å². The molecule has 0 radical (unpaired) electrons. The molecule has 0 aromatic carbocycles. The van der Waals surface area contributed by atoms with E-state index >= 15 is 0 Å². The van der Waals surface area contributed by atoms with Gasteiger partial charge in [0.1, 0.15) is 5.69 Å². The Balaban J connectivity index is 2.96. The summed E-state index contributed by atoms with van der Waals surface area (Å²) in [6.45, 7) is 9.74. The van der Waals surface area contributed by atoms with Crippen molar-refractivity contribution >= 4 is 18.6 Å². The van der Waals surface area contributed by atoms with Gasteiger partial charge in [-0.2, -0.15) is 10.3 Å². The van der Waals surface area contributed by atoms with Gasteiger partial charge >= 0.3 is 0 Å². The molecule has 1 N–H and O–H groups in total. The van der Waals surface area contributed by atoms with Gasteiger partial charge in [0.05, 0.1) is 0 Å². The molecule has 70 valence electrons. The fraction of sp³-hybridized carbons (Fsp3) is 0.444. The SMILES string of the molecule is C=Nc1n[nH]nc1/C=C(\C)C(C)C. The monoisotopic (exact) mass is 178 g/mol. The Morgan fingerprint density at radius 1 is 1.54 bits per heavy atom. The lowest BCUT2D eigenvalue weighted by Crippen LogP contribution is -1.88. The average Bonchev–Trinajstić information content (AvgIpc) is 2.51. The molecule has 0 fully saturated rings. The highest BCUT2D eigenvalue weighted by molar-refractivity contribution is 5.60. The highest BCUT2D eigenvalue weighted by Crippen LogP contribution is 2.18. The van der Waals surface area contributed by atoms with E-state index in [0.29, 0.717) is 11.7 Å². The predicted octanol–water partition coefficient (Wildman–Crippen LogP) is 2.20. The van der Waals surface area contributed by atoms with Crippen LogP contribution in [0.15, 0.2) is 10.6 Å². The minimum Gasteiger partial charge on any atom is -0.242 e. The van der Waals surface area contributed by atoms with Gasteiger partial charge < -0.3 is 0 Å².